The lowest BCUT2D eigenvalue weighted by Crippen LogP contribution is -2.40. The van der Waals surface area contributed by atoms with Crippen molar-refractivity contribution in [1.82, 2.24) is 24.6 Å². The highest BCUT2D eigenvalue weighted by atomic mass is 16.5. The van der Waals surface area contributed by atoms with Gasteiger partial charge in [-0.25, -0.2) is 9.48 Å². The van der Waals surface area contributed by atoms with E-state index in [4.69, 9.17) is 4.74 Å². The van der Waals surface area contributed by atoms with E-state index in [1.807, 2.05) is 15.8 Å². The molecule has 2 aliphatic heterocycles. The number of aromatic nitrogens is 3. The van der Waals surface area contributed by atoms with Crippen LogP contribution in [0.4, 0.5) is 4.79 Å². The number of benzene rings is 1. The van der Waals surface area contributed by atoms with Gasteiger partial charge in [0.15, 0.2) is 0 Å². The van der Waals surface area contributed by atoms with E-state index >= 15 is 0 Å². The predicted molar refractivity (Wildman–Crippen MR) is 130 cm³/mol. The predicted octanol–water partition coefficient (Wildman–Crippen LogP) is 4.89. The van der Waals surface area contributed by atoms with Gasteiger partial charge in [0, 0.05) is 61.6 Å². The van der Waals surface area contributed by atoms with Crippen molar-refractivity contribution in [3.05, 3.63) is 42.9 Å². The number of fused-ring (bicyclic) bond motifs is 1. The summed E-state index contributed by atoms with van der Waals surface area (Å²) in [6.45, 7) is 8.39. The molecule has 2 atom stereocenters. The molecule has 7 heteroatoms. The number of rotatable bonds is 6. The lowest BCUT2D eigenvalue weighted by atomic mass is 10.1. The van der Waals surface area contributed by atoms with Crippen LogP contribution in [0, 0.1) is 11.8 Å². The van der Waals surface area contributed by atoms with Crippen LogP contribution in [0.25, 0.3) is 22.0 Å². The largest absolute Gasteiger partial charge is 0.357 e. The molecule has 2 amide bonds. The molecular formula is C26H35N5O2. The molecule has 33 heavy (non-hydrogen) atoms. The molecule has 3 aromatic rings. The number of carbonyl (C=O) groups is 1. The first-order valence-corrected chi connectivity index (χ1v) is 12.3. The van der Waals surface area contributed by atoms with Gasteiger partial charge in [0.05, 0.1) is 6.20 Å². The number of nitrogens with zero attached hydrogens (tertiary/aromatic N) is 4. The highest BCUT2D eigenvalue weighted by Gasteiger charge is 2.26. The van der Waals surface area contributed by atoms with E-state index < -0.39 is 0 Å². The maximum atomic E-state index is 12.4. The van der Waals surface area contributed by atoms with E-state index in [2.05, 4.69) is 65.5 Å². The Labute approximate surface area is 195 Å². The Morgan fingerprint density at radius 2 is 2.12 bits per heavy atom. The van der Waals surface area contributed by atoms with Crippen molar-refractivity contribution >= 4 is 16.9 Å². The minimum Gasteiger partial charge on any atom is -0.357 e. The topological polar surface area (TPSA) is 64.3 Å². The third-order valence-corrected chi connectivity index (χ3v) is 6.85. The lowest BCUT2D eigenvalue weighted by molar-refractivity contribution is -0.0394. The van der Waals surface area contributed by atoms with Gasteiger partial charge >= 0.3 is 6.03 Å². The van der Waals surface area contributed by atoms with Gasteiger partial charge in [0.1, 0.15) is 6.23 Å². The molecule has 2 unspecified atom stereocenters. The Morgan fingerprint density at radius 1 is 1.21 bits per heavy atom. The molecule has 0 bridgehead atoms. The summed E-state index contributed by atoms with van der Waals surface area (Å²) in [5.74, 6) is 0.956. The fourth-order valence-corrected chi connectivity index (χ4v) is 4.96. The molecule has 7 nitrogen and oxygen atoms in total. The van der Waals surface area contributed by atoms with Gasteiger partial charge in [-0.15, -0.1) is 0 Å². The molecule has 2 aliphatic rings. The van der Waals surface area contributed by atoms with Gasteiger partial charge in [-0.2, -0.15) is 5.10 Å². The molecule has 5 rings (SSSR count). The van der Waals surface area contributed by atoms with Crippen molar-refractivity contribution in [3.8, 4) is 11.1 Å². The Balaban J connectivity index is 1.24. The molecule has 2 aromatic heterocycles. The van der Waals surface area contributed by atoms with Crippen molar-refractivity contribution in [2.45, 2.75) is 52.3 Å². The maximum Gasteiger partial charge on any atom is 0.317 e. The summed E-state index contributed by atoms with van der Waals surface area (Å²) in [5, 5.41) is 8.84. The highest BCUT2D eigenvalue weighted by Crippen LogP contribution is 2.29. The zero-order valence-electron chi connectivity index (χ0n) is 19.7. The van der Waals surface area contributed by atoms with Crippen LogP contribution in [0.3, 0.4) is 0 Å². The first-order chi connectivity index (χ1) is 16.1. The number of carbonyl (C=O) groups excluding carboxylic acids is 1. The zero-order chi connectivity index (χ0) is 22.8. The molecule has 176 valence electrons. The van der Waals surface area contributed by atoms with Gasteiger partial charge in [0.25, 0.3) is 0 Å². The fourth-order valence-electron chi connectivity index (χ4n) is 4.96. The summed E-state index contributed by atoms with van der Waals surface area (Å²) < 4.78 is 10.2. The minimum atomic E-state index is 0.0655. The average molecular weight is 450 g/mol. The smallest absolute Gasteiger partial charge is 0.317 e. The second kappa shape index (κ2) is 9.59. The highest BCUT2D eigenvalue weighted by molar-refractivity contribution is 5.85. The number of amides is 2. The van der Waals surface area contributed by atoms with Gasteiger partial charge in [0.2, 0.25) is 0 Å². The monoisotopic (exact) mass is 449 g/mol. The van der Waals surface area contributed by atoms with Crippen molar-refractivity contribution in [3.63, 3.8) is 0 Å². The number of hydrogen-bond acceptors (Lipinski definition) is 3. The summed E-state index contributed by atoms with van der Waals surface area (Å²) in [6, 6.07) is 8.90. The van der Waals surface area contributed by atoms with Crippen LogP contribution < -0.4 is 5.32 Å². The average Bonchev–Trinajstić information content (AvgIpc) is 3.58. The standard InChI is InChI=1S/C26H35N5O2/c1-19(2)14-27-26(32)30-10-8-20(17-30)16-29-11-9-22-13-21(6-7-24(22)29)23-15-28-31(18-23)25-5-3-4-12-33-25/h6-7,9,11,13,15,18-20,25H,3-5,8,10,12,14,16-17H2,1-2H3,(H,27,32). The quantitative estimate of drug-likeness (QED) is 0.583. The van der Waals surface area contributed by atoms with Crippen molar-refractivity contribution < 1.29 is 9.53 Å². The number of hydrogen-bond donors (Lipinski definition) is 1. The SMILES string of the molecule is CC(C)CNC(=O)N1CCC(Cn2ccc3cc(-c4cnn(C5CCCCO5)c4)ccc32)C1. The van der Waals surface area contributed by atoms with Crippen LogP contribution in [0.2, 0.25) is 0 Å². The molecule has 0 radical (unpaired) electrons. The van der Waals surface area contributed by atoms with Gasteiger partial charge in [-0.1, -0.05) is 19.9 Å². The second-order valence-corrected chi connectivity index (χ2v) is 9.95. The van der Waals surface area contributed by atoms with E-state index in [1.54, 1.807) is 0 Å². The fraction of sp³-hybridized carbons (Fsp3) is 0.538. The van der Waals surface area contributed by atoms with Crippen LogP contribution >= 0.6 is 0 Å². The molecule has 2 saturated heterocycles. The van der Waals surface area contributed by atoms with Crippen LogP contribution in [0.15, 0.2) is 42.9 Å². The number of urea groups is 1. The zero-order valence-corrected chi connectivity index (χ0v) is 19.7. The second-order valence-electron chi connectivity index (χ2n) is 9.95. The van der Waals surface area contributed by atoms with Crippen molar-refractivity contribution in [2.75, 3.05) is 26.2 Å². The normalized spacial score (nSPS) is 21.2. The molecular weight excluding hydrogens is 414 g/mol. The molecule has 0 saturated carbocycles. The molecule has 4 heterocycles. The van der Waals surface area contributed by atoms with Crippen LogP contribution in [-0.2, 0) is 11.3 Å². The summed E-state index contributed by atoms with van der Waals surface area (Å²) >= 11 is 0. The van der Waals surface area contributed by atoms with E-state index in [1.165, 1.54) is 22.9 Å². The van der Waals surface area contributed by atoms with E-state index in [0.717, 1.165) is 57.6 Å². The Kier molecular flexibility index (Phi) is 6.40. The van der Waals surface area contributed by atoms with Gasteiger partial charge in [-0.05, 0) is 61.3 Å². The summed E-state index contributed by atoms with van der Waals surface area (Å²) in [7, 11) is 0. The van der Waals surface area contributed by atoms with E-state index in [0.29, 0.717) is 11.8 Å². The van der Waals surface area contributed by atoms with Crippen LogP contribution in [0.1, 0.15) is 45.8 Å². The number of nitrogens with one attached hydrogen (secondary N) is 1. The molecule has 1 N–H and O–H groups in total. The Bertz CT molecular complexity index is 1100. The Hall–Kier alpha value is -2.80. The van der Waals surface area contributed by atoms with Crippen molar-refractivity contribution in [1.29, 1.82) is 0 Å². The minimum absolute atomic E-state index is 0.0655. The first kappa shape index (κ1) is 22.0. The van der Waals surface area contributed by atoms with E-state index in [-0.39, 0.29) is 12.3 Å². The first-order valence-electron chi connectivity index (χ1n) is 12.3. The third-order valence-electron chi connectivity index (χ3n) is 6.85. The van der Waals surface area contributed by atoms with E-state index in [9.17, 15) is 4.79 Å². The lowest BCUT2D eigenvalue weighted by Gasteiger charge is -2.22. The van der Waals surface area contributed by atoms with Crippen LogP contribution in [0.5, 0.6) is 0 Å². The van der Waals surface area contributed by atoms with Gasteiger partial charge < -0.3 is 19.5 Å². The number of ether oxygens (including phenoxy) is 1. The number of likely N-dealkylation sites (tertiary alicyclic amines) is 1. The van der Waals surface area contributed by atoms with Crippen molar-refractivity contribution in [2.24, 2.45) is 11.8 Å². The third kappa shape index (κ3) is 4.93. The summed E-state index contributed by atoms with van der Waals surface area (Å²) in [4.78, 5) is 14.3. The van der Waals surface area contributed by atoms with Crippen LogP contribution in [-0.4, -0.2) is 51.5 Å². The summed E-state index contributed by atoms with van der Waals surface area (Å²) in [5.41, 5.74) is 3.54. The molecule has 2 fully saturated rings. The maximum absolute atomic E-state index is 12.4. The van der Waals surface area contributed by atoms with Gasteiger partial charge in [-0.3, -0.25) is 0 Å². The molecule has 0 aliphatic carbocycles. The summed E-state index contributed by atoms with van der Waals surface area (Å²) in [6.07, 6.45) is 10.7. The molecule has 0 spiro atoms. The Morgan fingerprint density at radius 3 is 2.94 bits per heavy atom. The molecule has 1 aromatic carbocycles.